The fourth-order valence-electron chi connectivity index (χ4n) is 2.54. The number of nitrogens with zero attached hydrogens (tertiary/aromatic N) is 1. The molecule has 0 aliphatic carbocycles. The van der Waals surface area contributed by atoms with Crippen molar-refractivity contribution in [3.05, 3.63) is 59.9 Å². The van der Waals surface area contributed by atoms with E-state index in [4.69, 9.17) is 0 Å². The van der Waals surface area contributed by atoms with Crippen LogP contribution in [0.3, 0.4) is 0 Å². The second-order valence-electron chi connectivity index (χ2n) is 6.07. The van der Waals surface area contributed by atoms with E-state index in [1.165, 1.54) is 17.0 Å². The highest BCUT2D eigenvalue weighted by Gasteiger charge is 2.16. The molecule has 0 unspecified atom stereocenters. The molecule has 2 rings (SSSR count). The van der Waals surface area contributed by atoms with Crippen LogP contribution in [0.4, 0.5) is 25.4 Å². The molecule has 144 valence electrons. The van der Waals surface area contributed by atoms with Crippen molar-refractivity contribution in [3.8, 4) is 0 Å². The van der Waals surface area contributed by atoms with Crippen molar-refractivity contribution in [2.45, 2.75) is 20.3 Å². The highest BCUT2D eigenvalue weighted by molar-refractivity contribution is 6.01. The van der Waals surface area contributed by atoms with Crippen LogP contribution in [-0.4, -0.2) is 31.7 Å². The highest BCUT2D eigenvalue weighted by atomic mass is 19.1. The maximum atomic E-state index is 13.2. The van der Waals surface area contributed by atoms with E-state index in [-0.39, 0.29) is 17.9 Å². The number of anilines is 2. The zero-order valence-electron chi connectivity index (χ0n) is 15.6. The molecule has 0 aromatic heterocycles. The molecule has 0 fully saturated rings. The molecule has 0 saturated carbocycles. The van der Waals surface area contributed by atoms with E-state index >= 15 is 0 Å². The SMILES string of the molecule is CCNC(=O)NCCCN(C(=O)Nc1cccc(C)c1)c1ccc(F)cc1. The molecule has 3 N–H and O–H groups in total. The standard InChI is InChI=1S/C20H25FN4O2/c1-3-22-19(26)23-12-5-13-25(18-10-8-16(21)9-11-18)20(27)24-17-7-4-6-15(2)14-17/h4,6-11,14H,3,5,12-13H2,1-2H3,(H,24,27)(H2,22,23,26). The lowest BCUT2D eigenvalue weighted by Gasteiger charge is -2.23. The molecular weight excluding hydrogens is 347 g/mol. The normalized spacial score (nSPS) is 10.2. The van der Waals surface area contributed by atoms with Crippen LogP contribution in [0.25, 0.3) is 0 Å². The molecule has 0 spiro atoms. The summed E-state index contributed by atoms with van der Waals surface area (Å²) < 4.78 is 13.2. The van der Waals surface area contributed by atoms with Crippen LogP contribution >= 0.6 is 0 Å². The van der Waals surface area contributed by atoms with Crippen LogP contribution < -0.4 is 20.9 Å². The van der Waals surface area contributed by atoms with Crippen LogP contribution in [0, 0.1) is 12.7 Å². The van der Waals surface area contributed by atoms with Crippen LogP contribution in [0.5, 0.6) is 0 Å². The Balaban J connectivity index is 2.03. The Labute approximate surface area is 158 Å². The number of hydrogen-bond donors (Lipinski definition) is 3. The molecule has 0 atom stereocenters. The third kappa shape index (κ3) is 6.62. The van der Waals surface area contributed by atoms with Gasteiger partial charge in [-0.15, -0.1) is 0 Å². The summed E-state index contributed by atoms with van der Waals surface area (Å²) in [6.45, 7) is 5.12. The molecule has 4 amide bonds. The quantitative estimate of drug-likeness (QED) is 0.645. The van der Waals surface area contributed by atoms with E-state index in [0.29, 0.717) is 37.4 Å². The van der Waals surface area contributed by atoms with Crippen LogP contribution in [0.2, 0.25) is 0 Å². The monoisotopic (exact) mass is 372 g/mol. The molecule has 27 heavy (non-hydrogen) atoms. The number of benzene rings is 2. The highest BCUT2D eigenvalue weighted by Crippen LogP contribution is 2.18. The summed E-state index contributed by atoms with van der Waals surface area (Å²) in [6.07, 6.45) is 0.551. The van der Waals surface area contributed by atoms with Crippen molar-refractivity contribution in [2.24, 2.45) is 0 Å². The fraction of sp³-hybridized carbons (Fsp3) is 0.300. The van der Waals surface area contributed by atoms with Gasteiger partial charge in [0, 0.05) is 31.0 Å². The maximum Gasteiger partial charge on any atom is 0.326 e. The minimum atomic E-state index is -0.365. The number of hydrogen-bond acceptors (Lipinski definition) is 2. The average molecular weight is 372 g/mol. The number of carbonyl (C=O) groups excluding carboxylic acids is 2. The van der Waals surface area contributed by atoms with Crippen molar-refractivity contribution in [3.63, 3.8) is 0 Å². The summed E-state index contributed by atoms with van der Waals surface area (Å²) in [4.78, 5) is 25.7. The first-order chi connectivity index (χ1) is 13.0. The Morgan fingerprint density at radius 1 is 1.07 bits per heavy atom. The van der Waals surface area contributed by atoms with Crippen LogP contribution in [0.15, 0.2) is 48.5 Å². The molecule has 0 saturated heterocycles. The van der Waals surface area contributed by atoms with E-state index in [9.17, 15) is 14.0 Å². The maximum absolute atomic E-state index is 13.2. The Morgan fingerprint density at radius 3 is 2.48 bits per heavy atom. The predicted octanol–water partition coefficient (Wildman–Crippen LogP) is 3.88. The van der Waals surface area contributed by atoms with Crippen molar-refractivity contribution < 1.29 is 14.0 Å². The Bertz CT molecular complexity index is 765. The first-order valence-electron chi connectivity index (χ1n) is 8.92. The fourth-order valence-corrected chi connectivity index (χ4v) is 2.54. The van der Waals surface area contributed by atoms with Crippen molar-refractivity contribution >= 4 is 23.4 Å². The van der Waals surface area contributed by atoms with Gasteiger partial charge in [0.05, 0.1) is 0 Å². The van der Waals surface area contributed by atoms with Gasteiger partial charge in [0.2, 0.25) is 0 Å². The third-order valence-electron chi connectivity index (χ3n) is 3.83. The summed E-state index contributed by atoms with van der Waals surface area (Å²) in [7, 11) is 0. The Kier molecular flexibility index (Phi) is 7.61. The Hall–Kier alpha value is -3.09. The number of rotatable bonds is 7. The predicted molar refractivity (Wildman–Crippen MR) is 106 cm³/mol. The molecule has 0 radical (unpaired) electrons. The van der Waals surface area contributed by atoms with E-state index in [1.807, 2.05) is 38.1 Å². The lowest BCUT2D eigenvalue weighted by Crippen LogP contribution is -2.39. The molecule has 0 heterocycles. The number of aryl methyl sites for hydroxylation is 1. The van der Waals surface area contributed by atoms with Gasteiger partial charge in [0.15, 0.2) is 0 Å². The second kappa shape index (κ2) is 10.2. The van der Waals surface area contributed by atoms with E-state index in [0.717, 1.165) is 5.56 Å². The van der Waals surface area contributed by atoms with E-state index < -0.39 is 0 Å². The van der Waals surface area contributed by atoms with Gasteiger partial charge in [0.1, 0.15) is 5.82 Å². The molecular formula is C20H25FN4O2. The van der Waals surface area contributed by atoms with Crippen LogP contribution in [-0.2, 0) is 0 Å². The minimum Gasteiger partial charge on any atom is -0.338 e. The number of carbonyl (C=O) groups is 2. The molecule has 7 heteroatoms. The van der Waals surface area contributed by atoms with Gasteiger partial charge in [-0.2, -0.15) is 0 Å². The van der Waals surface area contributed by atoms with Gasteiger partial charge in [-0.1, -0.05) is 12.1 Å². The summed E-state index contributed by atoms with van der Waals surface area (Å²) in [5, 5.41) is 8.23. The molecule has 6 nitrogen and oxygen atoms in total. The lowest BCUT2D eigenvalue weighted by atomic mass is 10.2. The van der Waals surface area contributed by atoms with Crippen LogP contribution in [0.1, 0.15) is 18.9 Å². The summed E-state index contributed by atoms with van der Waals surface area (Å²) >= 11 is 0. The number of halogens is 1. The molecule has 2 aromatic carbocycles. The van der Waals surface area contributed by atoms with Gasteiger partial charge >= 0.3 is 12.1 Å². The zero-order valence-corrected chi connectivity index (χ0v) is 15.6. The molecule has 2 aromatic rings. The molecule has 0 aliphatic heterocycles. The largest absolute Gasteiger partial charge is 0.338 e. The topological polar surface area (TPSA) is 73.5 Å². The van der Waals surface area contributed by atoms with Gasteiger partial charge < -0.3 is 16.0 Å². The lowest BCUT2D eigenvalue weighted by molar-refractivity contribution is 0.241. The summed E-state index contributed by atoms with van der Waals surface area (Å²) in [5.74, 6) is -0.365. The van der Waals surface area contributed by atoms with E-state index in [2.05, 4.69) is 16.0 Å². The number of urea groups is 2. The molecule has 0 aliphatic rings. The van der Waals surface area contributed by atoms with Gasteiger partial charge in [-0.3, -0.25) is 4.90 Å². The van der Waals surface area contributed by atoms with Gasteiger partial charge in [-0.25, -0.2) is 14.0 Å². The summed E-state index contributed by atoms with van der Waals surface area (Å²) in [6, 6.07) is 12.7. The minimum absolute atomic E-state index is 0.241. The first kappa shape index (κ1) is 20.2. The van der Waals surface area contributed by atoms with Crippen molar-refractivity contribution in [2.75, 3.05) is 29.9 Å². The van der Waals surface area contributed by atoms with Crippen molar-refractivity contribution in [1.82, 2.24) is 10.6 Å². The second-order valence-corrected chi connectivity index (χ2v) is 6.07. The first-order valence-corrected chi connectivity index (χ1v) is 8.92. The third-order valence-corrected chi connectivity index (χ3v) is 3.83. The van der Waals surface area contributed by atoms with Gasteiger partial charge in [0.25, 0.3) is 0 Å². The number of nitrogens with one attached hydrogen (secondary N) is 3. The van der Waals surface area contributed by atoms with Gasteiger partial charge in [-0.05, 0) is 62.2 Å². The van der Waals surface area contributed by atoms with E-state index in [1.54, 1.807) is 12.1 Å². The Morgan fingerprint density at radius 2 is 1.81 bits per heavy atom. The zero-order chi connectivity index (χ0) is 19.6. The number of amides is 4. The van der Waals surface area contributed by atoms with Crippen molar-refractivity contribution in [1.29, 1.82) is 0 Å². The average Bonchev–Trinajstić information content (AvgIpc) is 2.63. The molecule has 0 bridgehead atoms. The summed E-state index contributed by atoms with van der Waals surface area (Å²) in [5.41, 5.74) is 2.30. The smallest absolute Gasteiger partial charge is 0.326 e.